The fraction of sp³-hybridized carbons (Fsp3) is 0.286. The van der Waals surface area contributed by atoms with Gasteiger partial charge in [0.05, 0.1) is 6.04 Å². The van der Waals surface area contributed by atoms with Crippen molar-refractivity contribution in [3.05, 3.63) is 47.4 Å². The van der Waals surface area contributed by atoms with Crippen molar-refractivity contribution in [3.8, 4) is 5.75 Å². The van der Waals surface area contributed by atoms with Crippen molar-refractivity contribution >= 4 is 5.69 Å². The van der Waals surface area contributed by atoms with E-state index in [9.17, 15) is 5.11 Å². The van der Waals surface area contributed by atoms with E-state index in [1.54, 1.807) is 6.07 Å². The maximum atomic E-state index is 9.45. The fourth-order valence-electron chi connectivity index (χ4n) is 1.75. The van der Waals surface area contributed by atoms with Gasteiger partial charge in [-0.3, -0.25) is 0 Å². The van der Waals surface area contributed by atoms with Crippen molar-refractivity contribution in [1.82, 2.24) is 0 Å². The van der Waals surface area contributed by atoms with Gasteiger partial charge in [-0.2, -0.15) is 0 Å². The zero-order valence-corrected chi connectivity index (χ0v) is 10.3. The number of rotatable bonds is 3. The third-order valence-corrected chi connectivity index (χ3v) is 2.77. The third kappa shape index (κ3) is 2.61. The Balaban J connectivity index is 2.12. The highest BCUT2D eigenvalue weighted by Gasteiger charge is 2.09. The lowest BCUT2D eigenvalue weighted by atomic mass is 10.2. The summed E-state index contributed by atoms with van der Waals surface area (Å²) < 4.78 is 5.56. The van der Waals surface area contributed by atoms with Crippen LogP contribution in [0, 0.1) is 13.8 Å². The van der Waals surface area contributed by atoms with Gasteiger partial charge in [-0.1, -0.05) is 0 Å². The predicted molar refractivity (Wildman–Crippen MR) is 68.3 cm³/mol. The smallest absolute Gasteiger partial charge is 0.126 e. The van der Waals surface area contributed by atoms with Crippen LogP contribution in [0.4, 0.5) is 5.69 Å². The van der Waals surface area contributed by atoms with E-state index in [1.165, 1.54) is 0 Å². The van der Waals surface area contributed by atoms with E-state index in [1.807, 2.05) is 45.0 Å². The number of phenols is 1. The highest BCUT2D eigenvalue weighted by atomic mass is 16.3. The Morgan fingerprint density at radius 3 is 2.53 bits per heavy atom. The van der Waals surface area contributed by atoms with Crippen molar-refractivity contribution in [2.75, 3.05) is 5.32 Å². The average Bonchev–Trinajstić information content (AvgIpc) is 2.70. The molecule has 2 aromatic rings. The molecule has 0 saturated carbocycles. The van der Waals surface area contributed by atoms with E-state index in [0.29, 0.717) is 5.75 Å². The molecule has 90 valence electrons. The molecule has 1 aromatic heterocycles. The van der Waals surface area contributed by atoms with Crippen LogP contribution in [-0.4, -0.2) is 5.11 Å². The Bertz CT molecular complexity index is 517. The van der Waals surface area contributed by atoms with E-state index in [4.69, 9.17) is 4.42 Å². The fourth-order valence-corrected chi connectivity index (χ4v) is 1.75. The van der Waals surface area contributed by atoms with E-state index in [-0.39, 0.29) is 6.04 Å². The van der Waals surface area contributed by atoms with E-state index in [2.05, 4.69) is 5.32 Å². The first-order valence-electron chi connectivity index (χ1n) is 5.69. The first-order valence-corrected chi connectivity index (χ1v) is 5.69. The molecule has 0 aliphatic heterocycles. The summed E-state index contributed by atoms with van der Waals surface area (Å²) in [6.45, 7) is 5.85. The van der Waals surface area contributed by atoms with Crippen LogP contribution in [0.5, 0.6) is 5.75 Å². The van der Waals surface area contributed by atoms with Gasteiger partial charge in [0, 0.05) is 5.69 Å². The molecule has 3 nitrogen and oxygen atoms in total. The first kappa shape index (κ1) is 11.6. The highest BCUT2D eigenvalue weighted by Crippen LogP contribution is 2.24. The zero-order valence-electron chi connectivity index (χ0n) is 10.3. The molecule has 0 aliphatic rings. The average molecular weight is 231 g/mol. The minimum absolute atomic E-state index is 0.104. The summed E-state index contributed by atoms with van der Waals surface area (Å²) in [5.41, 5.74) is 1.83. The maximum Gasteiger partial charge on any atom is 0.126 e. The van der Waals surface area contributed by atoms with Crippen molar-refractivity contribution in [1.29, 1.82) is 0 Å². The number of anilines is 1. The predicted octanol–water partition coefficient (Wildman–Crippen LogP) is 3.78. The Hall–Kier alpha value is -1.90. The number of hydrogen-bond acceptors (Lipinski definition) is 3. The lowest BCUT2D eigenvalue weighted by molar-refractivity contribution is 0.466. The number of nitrogens with one attached hydrogen (secondary N) is 1. The Labute approximate surface area is 101 Å². The molecule has 0 saturated heterocycles. The second-order valence-electron chi connectivity index (χ2n) is 4.32. The molecule has 0 radical (unpaired) electrons. The number of phenolic OH excluding ortho intramolecular Hbond substituents is 1. The molecule has 1 atom stereocenters. The van der Waals surface area contributed by atoms with Crippen LogP contribution in [0.2, 0.25) is 0 Å². The van der Waals surface area contributed by atoms with E-state index < -0.39 is 0 Å². The van der Waals surface area contributed by atoms with Crippen LogP contribution in [0.1, 0.15) is 30.0 Å². The Kier molecular flexibility index (Phi) is 3.09. The molecule has 0 bridgehead atoms. The number of benzene rings is 1. The standard InChI is InChI=1S/C14H17NO2/c1-9-8-12(5-6-13(9)16)15-11(3)14-7-4-10(2)17-14/h4-8,11,15-16H,1-3H3. The second-order valence-corrected chi connectivity index (χ2v) is 4.32. The summed E-state index contributed by atoms with van der Waals surface area (Å²) in [6, 6.07) is 9.50. The van der Waals surface area contributed by atoms with Gasteiger partial charge in [0.25, 0.3) is 0 Å². The Morgan fingerprint density at radius 1 is 1.18 bits per heavy atom. The van der Waals surface area contributed by atoms with Gasteiger partial charge in [0.15, 0.2) is 0 Å². The van der Waals surface area contributed by atoms with Gasteiger partial charge in [-0.05, 0) is 56.7 Å². The van der Waals surface area contributed by atoms with Crippen molar-refractivity contribution < 1.29 is 9.52 Å². The summed E-state index contributed by atoms with van der Waals surface area (Å²) in [6.07, 6.45) is 0. The van der Waals surface area contributed by atoms with Crippen LogP contribution >= 0.6 is 0 Å². The van der Waals surface area contributed by atoms with Gasteiger partial charge in [-0.25, -0.2) is 0 Å². The molecule has 17 heavy (non-hydrogen) atoms. The molecule has 3 heteroatoms. The summed E-state index contributed by atoms with van der Waals surface area (Å²) >= 11 is 0. The molecule has 0 amide bonds. The molecular formula is C14H17NO2. The molecule has 0 spiro atoms. The molecule has 2 N–H and O–H groups in total. The number of furan rings is 1. The summed E-state index contributed by atoms with van der Waals surface area (Å²) in [4.78, 5) is 0. The lowest BCUT2D eigenvalue weighted by Crippen LogP contribution is -2.05. The van der Waals surface area contributed by atoms with Crippen LogP contribution in [0.25, 0.3) is 0 Å². The second kappa shape index (κ2) is 4.53. The van der Waals surface area contributed by atoms with Gasteiger partial charge >= 0.3 is 0 Å². The first-order chi connectivity index (χ1) is 8.06. The SMILES string of the molecule is Cc1ccc(C(C)Nc2ccc(O)c(C)c2)o1. The summed E-state index contributed by atoms with van der Waals surface area (Å²) in [7, 11) is 0. The molecule has 0 aliphatic carbocycles. The van der Waals surface area contributed by atoms with Crippen LogP contribution in [-0.2, 0) is 0 Å². The largest absolute Gasteiger partial charge is 0.508 e. The molecule has 2 rings (SSSR count). The molecule has 1 heterocycles. The maximum absolute atomic E-state index is 9.45. The van der Waals surface area contributed by atoms with E-state index >= 15 is 0 Å². The molecular weight excluding hydrogens is 214 g/mol. The van der Waals surface area contributed by atoms with Gasteiger partial charge in [-0.15, -0.1) is 0 Å². The van der Waals surface area contributed by atoms with E-state index in [0.717, 1.165) is 22.8 Å². The third-order valence-electron chi connectivity index (χ3n) is 2.77. The van der Waals surface area contributed by atoms with Crippen LogP contribution < -0.4 is 5.32 Å². The van der Waals surface area contributed by atoms with Gasteiger partial charge in [0.2, 0.25) is 0 Å². The lowest BCUT2D eigenvalue weighted by Gasteiger charge is -2.13. The van der Waals surface area contributed by atoms with Crippen LogP contribution in [0.15, 0.2) is 34.7 Å². The van der Waals surface area contributed by atoms with Gasteiger partial charge in [0.1, 0.15) is 17.3 Å². The Morgan fingerprint density at radius 2 is 1.94 bits per heavy atom. The minimum Gasteiger partial charge on any atom is -0.508 e. The van der Waals surface area contributed by atoms with Crippen molar-refractivity contribution in [3.63, 3.8) is 0 Å². The zero-order chi connectivity index (χ0) is 12.4. The molecule has 0 fully saturated rings. The molecule has 1 aromatic carbocycles. The molecule has 1 unspecified atom stereocenters. The van der Waals surface area contributed by atoms with Crippen molar-refractivity contribution in [2.45, 2.75) is 26.8 Å². The highest BCUT2D eigenvalue weighted by molar-refractivity contribution is 5.51. The van der Waals surface area contributed by atoms with Crippen LogP contribution in [0.3, 0.4) is 0 Å². The van der Waals surface area contributed by atoms with Gasteiger partial charge < -0.3 is 14.8 Å². The van der Waals surface area contributed by atoms with Crippen molar-refractivity contribution in [2.24, 2.45) is 0 Å². The normalized spacial score (nSPS) is 12.4. The number of aromatic hydroxyl groups is 1. The topological polar surface area (TPSA) is 45.4 Å². The summed E-state index contributed by atoms with van der Waals surface area (Å²) in [5, 5.41) is 12.8. The quantitative estimate of drug-likeness (QED) is 0.790. The number of hydrogen-bond donors (Lipinski definition) is 2. The summed E-state index contributed by atoms with van der Waals surface area (Å²) in [5.74, 6) is 2.14. The monoisotopic (exact) mass is 231 g/mol. The number of aryl methyl sites for hydroxylation is 2. The minimum atomic E-state index is 0.104.